The van der Waals surface area contributed by atoms with Gasteiger partial charge in [-0.3, -0.25) is 4.98 Å². The van der Waals surface area contributed by atoms with E-state index in [2.05, 4.69) is 37.1 Å². The summed E-state index contributed by atoms with van der Waals surface area (Å²) in [6.45, 7) is 7.62. The van der Waals surface area contributed by atoms with Gasteiger partial charge < -0.3 is 10.1 Å². The minimum Gasteiger partial charge on any atom is -0.495 e. The molecule has 1 aromatic heterocycles. The highest BCUT2D eigenvalue weighted by atomic mass is 16.5. The topological polar surface area (TPSA) is 34.2 Å². The molecule has 2 atom stereocenters. The molecule has 2 unspecified atom stereocenters. The molecule has 3 nitrogen and oxygen atoms in total. The minimum absolute atomic E-state index is 0.363. The van der Waals surface area contributed by atoms with Crippen LogP contribution in [0.4, 0.5) is 0 Å². The molecule has 96 valence electrons. The van der Waals surface area contributed by atoms with E-state index in [4.69, 9.17) is 4.74 Å². The van der Waals surface area contributed by atoms with Gasteiger partial charge in [-0.15, -0.1) is 0 Å². The van der Waals surface area contributed by atoms with E-state index in [9.17, 15) is 0 Å². The van der Waals surface area contributed by atoms with Gasteiger partial charge in [0.1, 0.15) is 5.75 Å². The van der Waals surface area contributed by atoms with E-state index in [1.807, 2.05) is 6.20 Å². The molecular weight excluding hydrogens is 212 g/mol. The summed E-state index contributed by atoms with van der Waals surface area (Å²) >= 11 is 0. The highest BCUT2D eigenvalue weighted by Crippen LogP contribution is 2.26. The maximum absolute atomic E-state index is 5.23. The normalized spacial score (nSPS) is 14.4. The quantitative estimate of drug-likeness (QED) is 0.789. The third kappa shape index (κ3) is 4.00. The van der Waals surface area contributed by atoms with Gasteiger partial charge in [0.2, 0.25) is 0 Å². The van der Waals surface area contributed by atoms with Crippen LogP contribution in [0.1, 0.15) is 45.2 Å². The number of rotatable bonds is 7. The third-order valence-electron chi connectivity index (χ3n) is 3.07. The zero-order valence-corrected chi connectivity index (χ0v) is 11.4. The molecule has 0 fully saturated rings. The Balaban J connectivity index is 2.87. The molecule has 3 heteroatoms. The Kier molecular flexibility index (Phi) is 5.98. The van der Waals surface area contributed by atoms with Gasteiger partial charge in [-0.05, 0) is 30.5 Å². The van der Waals surface area contributed by atoms with Crippen molar-refractivity contribution in [3.63, 3.8) is 0 Å². The number of methoxy groups -OCH3 is 1. The summed E-state index contributed by atoms with van der Waals surface area (Å²) in [6, 6.07) is 2.44. The van der Waals surface area contributed by atoms with Crippen LogP contribution in [0.25, 0.3) is 0 Å². The van der Waals surface area contributed by atoms with E-state index in [1.165, 1.54) is 18.4 Å². The van der Waals surface area contributed by atoms with Crippen LogP contribution >= 0.6 is 0 Å². The summed E-state index contributed by atoms with van der Waals surface area (Å²) < 4.78 is 5.23. The van der Waals surface area contributed by atoms with E-state index in [1.54, 1.807) is 13.3 Å². The number of pyridine rings is 1. The molecule has 17 heavy (non-hydrogen) atoms. The van der Waals surface area contributed by atoms with E-state index in [-0.39, 0.29) is 0 Å². The highest BCUT2D eigenvalue weighted by Gasteiger charge is 2.18. The molecule has 0 spiro atoms. The molecule has 1 N–H and O–H groups in total. The van der Waals surface area contributed by atoms with Gasteiger partial charge in [0.05, 0.1) is 13.3 Å². The third-order valence-corrected chi connectivity index (χ3v) is 3.07. The minimum atomic E-state index is 0.363. The Bertz CT molecular complexity index is 328. The van der Waals surface area contributed by atoms with E-state index in [0.29, 0.717) is 12.0 Å². The van der Waals surface area contributed by atoms with Crippen LogP contribution in [0.2, 0.25) is 0 Å². The SMILES string of the molecule is CCCC(C)C(NCC)c1cncc(OC)c1. The van der Waals surface area contributed by atoms with Crippen LogP contribution < -0.4 is 10.1 Å². The average molecular weight is 236 g/mol. The van der Waals surface area contributed by atoms with Gasteiger partial charge in [0.25, 0.3) is 0 Å². The number of nitrogens with zero attached hydrogens (tertiary/aromatic N) is 1. The largest absolute Gasteiger partial charge is 0.495 e. The summed E-state index contributed by atoms with van der Waals surface area (Å²) in [5.41, 5.74) is 1.21. The summed E-state index contributed by atoms with van der Waals surface area (Å²) in [7, 11) is 1.68. The molecule has 0 amide bonds. The zero-order valence-electron chi connectivity index (χ0n) is 11.4. The van der Waals surface area contributed by atoms with Gasteiger partial charge in [-0.2, -0.15) is 0 Å². The molecule has 0 bridgehead atoms. The lowest BCUT2D eigenvalue weighted by Crippen LogP contribution is -2.27. The first-order chi connectivity index (χ1) is 8.22. The number of nitrogens with one attached hydrogen (secondary N) is 1. The predicted octanol–water partition coefficient (Wildman–Crippen LogP) is 3.18. The number of hydrogen-bond donors (Lipinski definition) is 1. The summed E-state index contributed by atoms with van der Waals surface area (Å²) in [6.07, 6.45) is 6.11. The summed E-state index contributed by atoms with van der Waals surface area (Å²) in [4.78, 5) is 4.24. The van der Waals surface area contributed by atoms with Crippen LogP contribution in [0, 0.1) is 5.92 Å². The zero-order chi connectivity index (χ0) is 12.7. The lowest BCUT2D eigenvalue weighted by molar-refractivity contribution is 0.364. The Hall–Kier alpha value is -1.09. The van der Waals surface area contributed by atoms with Gasteiger partial charge in [0, 0.05) is 12.2 Å². The predicted molar refractivity (Wildman–Crippen MR) is 71.3 cm³/mol. The van der Waals surface area contributed by atoms with Crippen molar-refractivity contribution < 1.29 is 4.74 Å². The first kappa shape index (κ1) is 14.0. The van der Waals surface area contributed by atoms with Gasteiger partial charge in [-0.1, -0.05) is 27.2 Å². The fraction of sp³-hybridized carbons (Fsp3) is 0.643. The maximum Gasteiger partial charge on any atom is 0.137 e. The fourth-order valence-electron chi connectivity index (χ4n) is 2.21. The standard InChI is InChI=1S/C14H24N2O/c1-5-7-11(3)14(16-6-2)12-8-13(17-4)10-15-9-12/h8-11,14,16H,5-7H2,1-4H3. The molecule has 1 rings (SSSR count). The van der Waals surface area contributed by atoms with Crippen molar-refractivity contribution in [2.75, 3.05) is 13.7 Å². The molecular formula is C14H24N2O. The second-order valence-electron chi connectivity index (χ2n) is 4.46. The van der Waals surface area contributed by atoms with Crippen LogP contribution in [-0.2, 0) is 0 Å². The lowest BCUT2D eigenvalue weighted by atomic mass is 9.92. The van der Waals surface area contributed by atoms with Crippen molar-refractivity contribution >= 4 is 0 Å². The Morgan fingerprint density at radius 3 is 2.71 bits per heavy atom. The molecule has 1 aromatic rings. The molecule has 0 radical (unpaired) electrons. The van der Waals surface area contributed by atoms with E-state index in [0.717, 1.165) is 12.3 Å². The summed E-state index contributed by atoms with van der Waals surface area (Å²) in [5.74, 6) is 1.43. The Morgan fingerprint density at radius 2 is 2.12 bits per heavy atom. The molecule has 0 aromatic carbocycles. The lowest BCUT2D eigenvalue weighted by Gasteiger charge is -2.25. The highest BCUT2D eigenvalue weighted by molar-refractivity contribution is 5.26. The first-order valence-corrected chi connectivity index (χ1v) is 6.45. The molecule has 0 aliphatic heterocycles. The van der Waals surface area contributed by atoms with Crippen LogP contribution in [0.3, 0.4) is 0 Å². The fourth-order valence-corrected chi connectivity index (χ4v) is 2.21. The van der Waals surface area contributed by atoms with Crippen LogP contribution in [0.5, 0.6) is 5.75 Å². The Morgan fingerprint density at radius 1 is 1.35 bits per heavy atom. The molecule has 0 aliphatic carbocycles. The van der Waals surface area contributed by atoms with Gasteiger partial charge in [-0.25, -0.2) is 0 Å². The molecule has 0 saturated heterocycles. The molecule has 0 aliphatic rings. The maximum atomic E-state index is 5.23. The van der Waals surface area contributed by atoms with Crippen LogP contribution in [-0.4, -0.2) is 18.6 Å². The van der Waals surface area contributed by atoms with Gasteiger partial charge >= 0.3 is 0 Å². The molecule has 1 heterocycles. The monoisotopic (exact) mass is 236 g/mol. The van der Waals surface area contributed by atoms with Crippen LogP contribution in [0.15, 0.2) is 18.5 Å². The van der Waals surface area contributed by atoms with Crippen molar-refractivity contribution in [2.45, 2.75) is 39.7 Å². The van der Waals surface area contributed by atoms with Crippen molar-refractivity contribution in [1.29, 1.82) is 0 Å². The first-order valence-electron chi connectivity index (χ1n) is 6.45. The average Bonchev–Trinajstić information content (AvgIpc) is 2.36. The smallest absolute Gasteiger partial charge is 0.137 e. The molecule has 0 saturated carbocycles. The second kappa shape index (κ2) is 7.28. The second-order valence-corrected chi connectivity index (χ2v) is 4.46. The number of hydrogen-bond acceptors (Lipinski definition) is 3. The Labute approximate surface area is 105 Å². The van der Waals surface area contributed by atoms with Gasteiger partial charge in [0.15, 0.2) is 0 Å². The number of ether oxygens (including phenoxy) is 1. The van der Waals surface area contributed by atoms with Crippen molar-refractivity contribution in [3.05, 3.63) is 24.0 Å². The van der Waals surface area contributed by atoms with E-state index < -0.39 is 0 Å². The van der Waals surface area contributed by atoms with Crippen molar-refractivity contribution in [1.82, 2.24) is 10.3 Å². The van der Waals surface area contributed by atoms with Crippen molar-refractivity contribution in [2.24, 2.45) is 5.92 Å². The number of aromatic nitrogens is 1. The van der Waals surface area contributed by atoms with E-state index >= 15 is 0 Å². The van der Waals surface area contributed by atoms with Crippen molar-refractivity contribution in [3.8, 4) is 5.75 Å². The summed E-state index contributed by atoms with van der Waals surface area (Å²) in [5, 5.41) is 3.54.